The summed E-state index contributed by atoms with van der Waals surface area (Å²) in [5.41, 5.74) is 0.112. The van der Waals surface area contributed by atoms with Gasteiger partial charge in [0.1, 0.15) is 11.8 Å². The van der Waals surface area contributed by atoms with Crippen molar-refractivity contribution in [1.29, 1.82) is 0 Å². The van der Waals surface area contributed by atoms with Crippen LogP contribution < -0.4 is 0 Å². The van der Waals surface area contributed by atoms with Gasteiger partial charge in [0, 0.05) is 17.6 Å². The third-order valence-electron chi connectivity index (χ3n) is 6.40. The monoisotopic (exact) mass is 295 g/mol. The third kappa shape index (κ3) is 2.15. The van der Waals surface area contributed by atoms with Gasteiger partial charge in [-0.1, -0.05) is 12.1 Å². The highest BCUT2D eigenvalue weighted by Crippen LogP contribution is 2.59. The number of carbonyl (C=O) groups excluding carboxylic acids is 1. The SMILES string of the molecule is CSC1CCC2C3C(=O)CCC3(CC[C@H]2C)C[C@@H]1N=O. The topological polar surface area (TPSA) is 46.5 Å². The molecule has 3 aliphatic rings. The number of hydrogen-bond acceptors (Lipinski definition) is 4. The molecule has 0 aromatic carbocycles. The van der Waals surface area contributed by atoms with Crippen molar-refractivity contribution in [1.82, 2.24) is 0 Å². The van der Waals surface area contributed by atoms with Crippen molar-refractivity contribution in [3.63, 3.8) is 0 Å². The predicted molar refractivity (Wildman–Crippen MR) is 82.8 cm³/mol. The zero-order valence-electron chi connectivity index (χ0n) is 12.5. The summed E-state index contributed by atoms with van der Waals surface area (Å²) < 4.78 is 0. The van der Waals surface area contributed by atoms with Crippen LogP contribution in [0.4, 0.5) is 0 Å². The highest BCUT2D eigenvalue weighted by Gasteiger charge is 2.56. The van der Waals surface area contributed by atoms with Crippen LogP contribution in [0.15, 0.2) is 5.18 Å². The molecule has 0 N–H and O–H groups in total. The maximum Gasteiger partial charge on any atom is 0.136 e. The lowest BCUT2D eigenvalue weighted by atomic mass is 9.55. The number of ketones is 1. The van der Waals surface area contributed by atoms with Gasteiger partial charge in [-0.25, -0.2) is 0 Å². The van der Waals surface area contributed by atoms with Gasteiger partial charge in [-0.05, 0) is 62.0 Å². The van der Waals surface area contributed by atoms with Crippen LogP contribution in [0.25, 0.3) is 0 Å². The van der Waals surface area contributed by atoms with Gasteiger partial charge < -0.3 is 0 Å². The van der Waals surface area contributed by atoms with E-state index in [0.717, 1.165) is 38.5 Å². The van der Waals surface area contributed by atoms with Crippen LogP contribution in [0.1, 0.15) is 51.9 Å². The summed E-state index contributed by atoms with van der Waals surface area (Å²) in [4.78, 5) is 23.8. The number of rotatable bonds is 2. The minimum Gasteiger partial charge on any atom is -0.299 e. The van der Waals surface area contributed by atoms with Crippen LogP contribution in [0.2, 0.25) is 0 Å². The van der Waals surface area contributed by atoms with Crippen molar-refractivity contribution in [2.45, 2.75) is 63.2 Å². The van der Waals surface area contributed by atoms with Gasteiger partial charge in [0.2, 0.25) is 0 Å². The maximum atomic E-state index is 12.5. The second-order valence-electron chi connectivity index (χ2n) is 7.21. The molecule has 3 aliphatic carbocycles. The second-order valence-corrected chi connectivity index (χ2v) is 8.29. The molecule has 0 heterocycles. The van der Waals surface area contributed by atoms with Crippen molar-refractivity contribution in [2.75, 3.05) is 6.26 Å². The highest BCUT2D eigenvalue weighted by atomic mass is 32.2. The Balaban J connectivity index is 1.96. The molecule has 0 spiro atoms. The van der Waals surface area contributed by atoms with Gasteiger partial charge in [-0.2, -0.15) is 16.7 Å². The lowest BCUT2D eigenvalue weighted by Crippen LogP contribution is -2.47. The minimum absolute atomic E-state index is 0.0900. The molecular weight excluding hydrogens is 270 g/mol. The summed E-state index contributed by atoms with van der Waals surface area (Å²) in [5, 5.41) is 3.82. The summed E-state index contributed by atoms with van der Waals surface area (Å²) in [6.07, 6.45) is 9.22. The molecule has 20 heavy (non-hydrogen) atoms. The molecule has 0 aromatic rings. The Kier molecular flexibility index (Phi) is 3.95. The van der Waals surface area contributed by atoms with Gasteiger partial charge >= 0.3 is 0 Å². The van der Waals surface area contributed by atoms with Gasteiger partial charge in [-0.3, -0.25) is 4.79 Å². The Hall–Kier alpha value is -0.380. The molecule has 0 amide bonds. The van der Waals surface area contributed by atoms with Crippen LogP contribution in [0, 0.1) is 28.1 Å². The molecule has 2 bridgehead atoms. The second kappa shape index (κ2) is 5.43. The quantitative estimate of drug-likeness (QED) is 0.722. The Morgan fingerprint density at radius 2 is 2.05 bits per heavy atom. The first-order valence-corrected chi connectivity index (χ1v) is 9.28. The number of nitroso groups, excluding NO2 is 1. The van der Waals surface area contributed by atoms with Gasteiger partial charge in [0.05, 0.1) is 0 Å². The molecule has 6 atom stereocenters. The van der Waals surface area contributed by atoms with E-state index in [0.29, 0.717) is 22.9 Å². The van der Waals surface area contributed by atoms with E-state index in [1.165, 1.54) is 6.42 Å². The standard InChI is InChI=1S/C16H25NO2S/c1-10-5-7-16-8-6-13(18)15(16)11(10)3-4-14(20-2)12(9-16)17-19/h10-12,14-15H,3-9H2,1-2H3/t10-,11?,12+,14?,15?,16?/m1/s1. The molecule has 112 valence electrons. The Morgan fingerprint density at radius 1 is 1.25 bits per heavy atom. The lowest BCUT2D eigenvalue weighted by molar-refractivity contribution is -0.128. The molecule has 3 saturated carbocycles. The smallest absolute Gasteiger partial charge is 0.136 e. The Labute approximate surface area is 125 Å². The molecule has 0 saturated heterocycles. The molecule has 3 nitrogen and oxygen atoms in total. The molecule has 0 aromatic heterocycles. The van der Waals surface area contributed by atoms with Gasteiger partial charge in [0.15, 0.2) is 0 Å². The molecule has 4 unspecified atom stereocenters. The number of nitrogens with zero attached hydrogens (tertiary/aromatic N) is 1. The van der Waals surface area contributed by atoms with Gasteiger partial charge in [-0.15, -0.1) is 0 Å². The van der Waals surface area contributed by atoms with Crippen LogP contribution in [0.3, 0.4) is 0 Å². The van der Waals surface area contributed by atoms with E-state index in [1.54, 1.807) is 11.8 Å². The van der Waals surface area contributed by atoms with Crippen LogP contribution in [-0.4, -0.2) is 23.3 Å². The molecule has 0 aliphatic heterocycles. The highest BCUT2D eigenvalue weighted by molar-refractivity contribution is 7.99. The Bertz CT molecular complexity index is 413. The van der Waals surface area contributed by atoms with E-state index in [4.69, 9.17) is 0 Å². The molecular formula is C16H25NO2S. The number of Topliss-reactive ketones (excluding diaryl/α,β-unsaturated/α-hetero) is 1. The zero-order chi connectivity index (χ0) is 14.3. The first-order valence-electron chi connectivity index (χ1n) is 7.99. The normalized spacial score (nSPS) is 48.3. The number of carbonyl (C=O) groups is 1. The lowest BCUT2D eigenvalue weighted by Gasteiger charge is -2.49. The average Bonchev–Trinajstić information content (AvgIpc) is 2.76. The molecule has 3 fully saturated rings. The van der Waals surface area contributed by atoms with Crippen molar-refractivity contribution in [2.24, 2.45) is 28.3 Å². The zero-order valence-corrected chi connectivity index (χ0v) is 13.3. The summed E-state index contributed by atoms with van der Waals surface area (Å²) in [6, 6.07) is -0.0900. The van der Waals surface area contributed by atoms with Crippen LogP contribution >= 0.6 is 11.8 Å². The van der Waals surface area contributed by atoms with Crippen molar-refractivity contribution in [3.05, 3.63) is 4.91 Å². The largest absolute Gasteiger partial charge is 0.299 e. The molecule has 0 radical (unpaired) electrons. The molecule has 4 heteroatoms. The van der Waals surface area contributed by atoms with Crippen molar-refractivity contribution in [3.8, 4) is 0 Å². The molecule has 3 rings (SSSR count). The van der Waals surface area contributed by atoms with E-state index in [9.17, 15) is 9.70 Å². The summed E-state index contributed by atoms with van der Waals surface area (Å²) in [6.45, 7) is 2.32. The predicted octanol–water partition coefficient (Wildman–Crippen LogP) is 4.05. The van der Waals surface area contributed by atoms with E-state index in [-0.39, 0.29) is 17.4 Å². The number of thioether (sulfide) groups is 1. The fraction of sp³-hybridized carbons (Fsp3) is 0.938. The fourth-order valence-corrected chi connectivity index (χ4v) is 6.15. The fourth-order valence-electron chi connectivity index (χ4n) is 5.32. The van der Waals surface area contributed by atoms with E-state index < -0.39 is 0 Å². The number of hydrogen-bond donors (Lipinski definition) is 0. The van der Waals surface area contributed by atoms with Crippen molar-refractivity contribution >= 4 is 17.5 Å². The van der Waals surface area contributed by atoms with Crippen molar-refractivity contribution < 1.29 is 4.79 Å². The first kappa shape index (κ1) is 14.6. The summed E-state index contributed by atoms with van der Waals surface area (Å²) in [7, 11) is 0. The Morgan fingerprint density at radius 3 is 2.75 bits per heavy atom. The minimum atomic E-state index is -0.0900. The average molecular weight is 295 g/mol. The van der Waals surface area contributed by atoms with E-state index in [1.807, 2.05) is 0 Å². The van der Waals surface area contributed by atoms with Gasteiger partial charge in [0.25, 0.3) is 0 Å². The summed E-state index contributed by atoms with van der Waals surface area (Å²) in [5.74, 6) is 1.94. The maximum absolute atomic E-state index is 12.5. The van der Waals surface area contributed by atoms with Crippen LogP contribution in [0.5, 0.6) is 0 Å². The summed E-state index contributed by atoms with van der Waals surface area (Å²) >= 11 is 1.79. The van der Waals surface area contributed by atoms with E-state index in [2.05, 4.69) is 18.4 Å². The van der Waals surface area contributed by atoms with Crippen LogP contribution in [-0.2, 0) is 4.79 Å². The first-order chi connectivity index (χ1) is 9.61. The van der Waals surface area contributed by atoms with E-state index >= 15 is 0 Å². The third-order valence-corrected chi connectivity index (χ3v) is 7.56.